The molecular formula is C53H52F6N2O12. The lowest BCUT2D eigenvalue weighted by Gasteiger charge is -2.30. The molecule has 0 fully saturated rings. The average molecular weight is 1020 g/mol. The first-order valence-electron chi connectivity index (χ1n) is 22.5. The number of carbonyl (C=O) groups is 4. The summed E-state index contributed by atoms with van der Waals surface area (Å²) in [5.74, 6) is -7.35. The van der Waals surface area contributed by atoms with Gasteiger partial charge in [-0.1, -0.05) is 30.4 Å². The Labute approximate surface area is 415 Å². The molecule has 388 valence electrons. The Morgan fingerprint density at radius 1 is 0.575 bits per heavy atom. The topological polar surface area (TPSA) is 216 Å². The zero-order chi connectivity index (χ0) is 53.3. The van der Waals surface area contributed by atoms with E-state index in [1.165, 1.54) is 129 Å². The molecule has 20 heteroatoms. The molecule has 0 bridgehead atoms. The van der Waals surface area contributed by atoms with E-state index in [4.69, 9.17) is 39.9 Å². The molecule has 0 radical (unpaired) electrons. The molecule has 5 rings (SSSR count). The lowest BCUT2D eigenvalue weighted by molar-refractivity contribution is -0.187. The van der Waals surface area contributed by atoms with Crippen molar-refractivity contribution in [3.05, 3.63) is 143 Å². The van der Waals surface area contributed by atoms with Crippen LogP contribution in [-0.2, 0) is 9.59 Å². The van der Waals surface area contributed by atoms with Crippen LogP contribution in [0.1, 0.15) is 88.3 Å². The van der Waals surface area contributed by atoms with E-state index in [2.05, 4.69) is 0 Å². The number of aliphatic hydroxyl groups is 2. The number of benzene rings is 5. The minimum absolute atomic E-state index is 0.00280. The van der Waals surface area contributed by atoms with Crippen LogP contribution in [0.4, 0.5) is 37.7 Å². The summed E-state index contributed by atoms with van der Waals surface area (Å²) < 4.78 is 107. The Kier molecular flexibility index (Phi) is 19.6. The van der Waals surface area contributed by atoms with Crippen molar-refractivity contribution in [2.75, 3.05) is 38.9 Å². The number of allylic oxidation sites excluding steroid dienone is 1. The number of ether oxygens (including phenoxy) is 6. The summed E-state index contributed by atoms with van der Waals surface area (Å²) in [6, 6.07) is 24.3. The normalized spacial score (nSPS) is 12.4. The first-order valence-corrected chi connectivity index (χ1v) is 22.5. The number of ketones is 2. The summed E-state index contributed by atoms with van der Waals surface area (Å²) in [5.41, 5.74) is 13.3. The highest BCUT2D eigenvalue weighted by Crippen LogP contribution is 2.37. The van der Waals surface area contributed by atoms with Gasteiger partial charge in [-0.3, -0.25) is 9.59 Å². The molecule has 0 saturated heterocycles. The van der Waals surface area contributed by atoms with Gasteiger partial charge in [0.15, 0.2) is 28.8 Å². The van der Waals surface area contributed by atoms with Gasteiger partial charge in [0.2, 0.25) is 11.6 Å². The van der Waals surface area contributed by atoms with Gasteiger partial charge in [-0.2, -0.15) is 26.3 Å². The number of nitrogen functional groups attached to an aromatic ring is 2. The minimum atomic E-state index is -4.24. The predicted molar refractivity (Wildman–Crippen MR) is 257 cm³/mol. The Morgan fingerprint density at radius 2 is 1.03 bits per heavy atom. The third-order valence-electron chi connectivity index (χ3n) is 10.8. The van der Waals surface area contributed by atoms with Crippen molar-refractivity contribution in [1.82, 2.24) is 0 Å². The van der Waals surface area contributed by atoms with Crippen LogP contribution in [0.5, 0.6) is 34.5 Å². The first kappa shape index (κ1) is 56.1. The number of hydrogen-bond donors (Lipinski definition) is 4. The van der Waals surface area contributed by atoms with Crippen molar-refractivity contribution in [2.45, 2.75) is 69.0 Å². The van der Waals surface area contributed by atoms with Crippen molar-refractivity contribution in [2.24, 2.45) is 0 Å². The predicted octanol–water partition coefficient (Wildman–Crippen LogP) is 10.2. The molecule has 1 atom stereocenters. The van der Waals surface area contributed by atoms with Crippen LogP contribution in [0.2, 0.25) is 0 Å². The summed E-state index contributed by atoms with van der Waals surface area (Å²) in [6.07, 6.45) is -6.07. The molecule has 1 unspecified atom stereocenters. The molecule has 5 aromatic rings. The number of anilines is 2. The van der Waals surface area contributed by atoms with Gasteiger partial charge >= 0.3 is 24.3 Å². The number of alkyl halides is 6. The van der Waals surface area contributed by atoms with E-state index in [9.17, 15) is 55.7 Å². The number of halogens is 6. The molecule has 0 heterocycles. The molecule has 0 saturated carbocycles. The van der Waals surface area contributed by atoms with Gasteiger partial charge in [-0.25, -0.2) is 9.59 Å². The van der Waals surface area contributed by atoms with Gasteiger partial charge in [0.05, 0.1) is 44.5 Å². The Balaban J connectivity index is 1.22. The zero-order valence-electron chi connectivity index (χ0n) is 39.5. The van der Waals surface area contributed by atoms with Crippen molar-refractivity contribution < 1.29 is 84.2 Å². The van der Waals surface area contributed by atoms with Crippen LogP contribution in [0.3, 0.4) is 0 Å². The van der Waals surface area contributed by atoms with Gasteiger partial charge in [-0.05, 0) is 139 Å². The monoisotopic (exact) mass is 1020 g/mol. The van der Waals surface area contributed by atoms with E-state index in [1.54, 1.807) is 0 Å². The summed E-state index contributed by atoms with van der Waals surface area (Å²) in [4.78, 5) is 53.0. The first-order chi connectivity index (χ1) is 34.5. The van der Waals surface area contributed by atoms with Gasteiger partial charge in [0, 0.05) is 30.6 Å². The summed E-state index contributed by atoms with van der Waals surface area (Å²) in [7, 11) is 2.63. The van der Waals surface area contributed by atoms with Gasteiger partial charge in [0.1, 0.15) is 11.5 Å². The van der Waals surface area contributed by atoms with Crippen LogP contribution in [-0.4, -0.2) is 79.3 Å². The number of nitrogens with two attached hydrogens (primary N) is 2. The number of unbranched alkanes of at least 4 members (excludes halogenated alkanes) is 2. The fourth-order valence-electron chi connectivity index (χ4n) is 6.98. The molecular weight excluding hydrogens is 971 g/mol. The second-order valence-corrected chi connectivity index (χ2v) is 16.4. The van der Waals surface area contributed by atoms with Gasteiger partial charge in [0.25, 0.3) is 0 Å². The fraction of sp³-hybridized carbons (Fsp3) is 0.283. The van der Waals surface area contributed by atoms with Gasteiger partial charge in [-0.15, -0.1) is 0 Å². The lowest BCUT2D eigenvalue weighted by atomic mass is 9.82. The molecule has 0 aliphatic rings. The SMILES string of the molecule is COc1cc(C=CC(=O)CC(c2ccc(N)cc2N)C(O)(O)C(=O)C=Cc2ccc(OC(=O)c3ccc(OCCCCC(F)(F)F)cc3)c(OC)c2)ccc1OC(=O)c1ccc(OCCCCC(F)(F)F)cc1. The summed E-state index contributed by atoms with van der Waals surface area (Å²) >= 11 is 0. The zero-order valence-corrected chi connectivity index (χ0v) is 39.5. The fourth-order valence-corrected chi connectivity index (χ4v) is 6.98. The highest BCUT2D eigenvalue weighted by atomic mass is 19.4. The average Bonchev–Trinajstić information content (AvgIpc) is 3.34. The number of esters is 2. The van der Waals surface area contributed by atoms with E-state index < -0.39 is 66.8 Å². The maximum absolute atomic E-state index is 13.6. The standard InChI is InChI=1S/C53H52F6N2O12/c1-68-46-29-33(8-22-44(46)72-49(64)35-11-17-39(18-12-35)70-27-5-3-25-51(54,55)56)7-16-38(62)32-42(41-21-15-37(60)31-43(41)61)53(66,67)48(63)24-10-34-9-23-45(47(30-34)69-2)73-50(65)36-13-19-40(20-14-36)71-28-6-4-26-52(57,58)59/h7-24,29-31,42,66-67H,3-6,25-28,32,60-61H2,1-2H3. The maximum Gasteiger partial charge on any atom is 0.389 e. The Morgan fingerprint density at radius 3 is 1.45 bits per heavy atom. The van der Waals surface area contributed by atoms with Crippen molar-refractivity contribution in [1.29, 1.82) is 0 Å². The van der Waals surface area contributed by atoms with Crippen LogP contribution in [0.15, 0.2) is 115 Å². The summed E-state index contributed by atoms with van der Waals surface area (Å²) in [5, 5.41) is 22.9. The number of rotatable bonds is 25. The number of hydrogen-bond acceptors (Lipinski definition) is 14. The third kappa shape index (κ3) is 17.5. The molecule has 0 spiro atoms. The molecule has 0 aliphatic carbocycles. The highest BCUT2D eigenvalue weighted by molar-refractivity contribution is 6.01. The van der Waals surface area contributed by atoms with E-state index in [-0.39, 0.29) is 90.0 Å². The Bertz CT molecular complexity index is 2760. The number of carbonyl (C=O) groups excluding carboxylic acids is 4. The van der Waals surface area contributed by atoms with E-state index in [0.29, 0.717) is 22.6 Å². The molecule has 5 aromatic carbocycles. The van der Waals surface area contributed by atoms with Crippen LogP contribution in [0, 0.1) is 0 Å². The van der Waals surface area contributed by atoms with Crippen LogP contribution < -0.4 is 39.9 Å². The second kappa shape index (κ2) is 25.5. The Hall–Kier alpha value is -7.84. The van der Waals surface area contributed by atoms with Crippen molar-refractivity contribution in [3.8, 4) is 34.5 Å². The third-order valence-corrected chi connectivity index (χ3v) is 10.8. The largest absolute Gasteiger partial charge is 0.494 e. The molecule has 0 amide bonds. The van der Waals surface area contributed by atoms with E-state index in [0.717, 1.165) is 12.2 Å². The minimum Gasteiger partial charge on any atom is -0.494 e. The van der Waals surface area contributed by atoms with E-state index >= 15 is 0 Å². The highest BCUT2D eigenvalue weighted by Gasteiger charge is 2.43. The smallest absolute Gasteiger partial charge is 0.389 e. The summed E-state index contributed by atoms with van der Waals surface area (Å²) in [6.45, 7) is 0.121. The molecule has 0 aromatic heterocycles. The molecule has 73 heavy (non-hydrogen) atoms. The van der Waals surface area contributed by atoms with Crippen molar-refractivity contribution in [3.63, 3.8) is 0 Å². The maximum atomic E-state index is 13.6. The second-order valence-electron chi connectivity index (χ2n) is 16.4. The molecule has 0 aliphatic heterocycles. The van der Waals surface area contributed by atoms with Crippen LogP contribution >= 0.6 is 0 Å². The van der Waals surface area contributed by atoms with E-state index in [1.807, 2.05) is 0 Å². The molecule has 14 nitrogen and oxygen atoms in total. The van der Waals surface area contributed by atoms with Crippen LogP contribution in [0.25, 0.3) is 12.2 Å². The van der Waals surface area contributed by atoms with Gasteiger partial charge < -0.3 is 50.1 Å². The molecule has 6 N–H and O–H groups in total. The number of methoxy groups -OCH3 is 2. The lowest BCUT2D eigenvalue weighted by Crippen LogP contribution is -2.44. The quantitative estimate of drug-likeness (QED) is 0.00814. The van der Waals surface area contributed by atoms with Crippen molar-refractivity contribution >= 4 is 47.0 Å².